The maximum atomic E-state index is 11.5. The van der Waals surface area contributed by atoms with Gasteiger partial charge in [0.25, 0.3) is 5.91 Å². The first-order chi connectivity index (χ1) is 7.59. The lowest BCUT2D eigenvalue weighted by Crippen LogP contribution is -2.33. The van der Waals surface area contributed by atoms with Crippen LogP contribution in [0.25, 0.3) is 0 Å². The summed E-state index contributed by atoms with van der Waals surface area (Å²) in [5.41, 5.74) is 0.473. The van der Waals surface area contributed by atoms with Crippen molar-refractivity contribution in [3.8, 4) is 5.75 Å². The lowest BCUT2D eigenvalue weighted by atomic mass is 10.2. The minimum absolute atomic E-state index is 0.120. The predicted octanol–water partition coefficient (Wildman–Crippen LogP) is 0.258. The molecule has 0 aromatic heterocycles. The van der Waals surface area contributed by atoms with Crippen molar-refractivity contribution in [1.29, 1.82) is 0 Å². The van der Waals surface area contributed by atoms with E-state index in [1.807, 2.05) is 0 Å². The molecule has 3 N–H and O–H groups in total. The van der Waals surface area contributed by atoms with E-state index in [-0.39, 0.29) is 17.6 Å². The molecular weight excluding hydrogens is 208 g/mol. The molecule has 0 spiro atoms. The normalized spacial score (nSPS) is 9.56. The Labute approximate surface area is 93.5 Å². The highest BCUT2D eigenvalue weighted by Crippen LogP contribution is 2.08. The quantitative estimate of drug-likeness (QED) is 0.639. The zero-order valence-corrected chi connectivity index (χ0v) is 8.99. The SMILES string of the molecule is CC(=O)NCCNC(=O)c1ccc(O)cc1. The fourth-order valence-corrected chi connectivity index (χ4v) is 1.13. The van der Waals surface area contributed by atoms with Crippen molar-refractivity contribution >= 4 is 11.8 Å². The maximum absolute atomic E-state index is 11.5. The summed E-state index contributed by atoms with van der Waals surface area (Å²) in [6, 6.07) is 5.96. The molecule has 0 radical (unpaired) electrons. The Morgan fingerprint density at radius 3 is 2.25 bits per heavy atom. The van der Waals surface area contributed by atoms with Crippen LogP contribution in [0.3, 0.4) is 0 Å². The number of nitrogens with one attached hydrogen (secondary N) is 2. The van der Waals surface area contributed by atoms with Gasteiger partial charge in [0.15, 0.2) is 0 Å². The minimum Gasteiger partial charge on any atom is -0.508 e. The van der Waals surface area contributed by atoms with E-state index in [0.29, 0.717) is 18.7 Å². The lowest BCUT2D eigenvalue weighted by molar-refractivity contribution is -0.118. The van der Waals surface area contributed by atoms with E-state index in [1.54, 1.807) is 0 Å². The Bertz CT molecular complexity index is 373. The highest BCUT2D eigenvalue weighted by molar-refractivity contribution is 5.94. The zero-order chi connectivity index (χ0) is 12.0. The third-order valence-corrected chi connectivity index (χ3v) is 1.91. The number of benzene rings is 1. The van der Waals surface area contributed by atoms with Crippen LogP contribution in [-0.2, 0) is 4.79 Å². The van der Waals surface area contributed by atoms with Crippen molar-refractivity contribution in [3.05, 3.63) is 29.8 Å². The van der Waals surface area contributed by atoms with Gasteiger partial charge in [0.1, 0.15) is 5.75 Å². The topological polar surface area (TPSA) is 78.4 Å². The molecule has 5 nitrogen and oxygen atoms in total. The standard InChI is InChI=1S/C11H14N2O3/c1-8(14)12-6-7-13-11(16)9-2-4-10(15)5-3-9/h2-5,15H,6-7H2,1H3,(H,12,14)(H,13,16). The average molecular weight is 222 g/mol. The largest absolute Gasteiger partial charge is 0.508 e. The van der Waals surface area contributed by atoms with E-state index < -0.39 is 0 Å². The van der Waals surface area contributed by atoms with Crippen LogP contribution >= 0.6 is 0 Å². The summed E-state index contributed by atoms with van der Waals surface area (Å²) in [6.45, 7) is 2.19. The highest BCUT2D eigenvalue weighted by Gasteiger charge is 2.03. The van der Waals surface area contributed by atoms with Crippen LogP contribution in [-0.4, -0.2) is 30.0 Å². The maximum Gasteiger partial charge on any atom is 0.251 e. The Morgan fingerprint density at radius 2 is 1.69 bits per heavy atom. The molecule has 0 aliphatic carbocycles. The summed E-state index contributed by atoms with van der Waals surface area (Å²) in [5, 5.41) is 14.2. The monoisotopic (exact) mass is 222 g/mol. The number of phenols is 1. The van der Waals surface area contributed by atoms with E-state index in [2.05, 4.69) is 10.6 Å². The van der Waals surface area contributed by atoms with Gasteiger partial charge in [-0.05, 0) is 24.3 Å². The van der Waals surface area contributed by atoms with Crippen LogP contribution in [0.2, 0.25) is 0 Å². The summed E-state index contributed by atoms with van der Waals surface area (Å²) in [6.07, 6.45) is 0. The van der Waals surface area contributed by atoms with Gasteiger partial charge in [0, 0.05) is 25.6 Å². The van der Waals surface area contributed by atoms with E-state index in [1.165, 1.54) is 31.2 Å². The Balaban J connectivity index is 2.35. The van der Waals surface area contributed by atoms with Crippen molar-refractivity contribution in [1.82, 2.24) is 10.6 Å². The molecule has 2 amide bonds. The van der Waals surface area contributed by atoms with Crippen molar-refractivity contribution in [2.45, 2.75) is 6.92 Å². The molecule has 0 aliphatic rings. The van der Waals surface area contributed by atoms with E-state index in [4.69, 9.17) is 5.11 Å². The van der Waals surface area contributed by atoms with E-state index >= 15 is 0 Å². The first-order valence-corrected chi connectivity index (χ1v) is 4.91. The van der Waals surface area contributed by atoms with Crippen LogP contribution in [0.5, 0.6) is 5.75 Å². The number of hydrogen-bond acceptors (Lipinski definition) is 3. The van der Waals surface area contributed by atoms with Crippen molar-refractivity contribution in [3.63, 3.8) is 0 Å². The molecule has 1 aromatic rings. The molecule has 1 rings (SSSR count). The number of amides is 2. The second kappa shape index (κ2) is 5.75. The van der Waals surface area contributed by atoms with Gasteiger partial charge in [-0.3, -0.25) is 9.59 Å². The Hall–Kier alpha value is -2.04. The van der Waals surface area contributed by atoms with Crippen molar-refractivity contribution in [2.75, 3.05) is 13.1 Å². The lowest BCUT2D eigenvalue weighted by Gasteiger charge is -2.05. The third kappa shape index (κ3) is 4.00. The van der Waals surface area contributed by atoms with Crippen LogP contribution in [0.4, 0.5) is 0 Å². The van der Waals surface area contributed by atoms with Gasteiger partial charge in [-0.1, -0.05) is 0 Å². The smallest absolute Gasteiger partial charge is 0.251 e. The van der Waals surface area contributed by atoms with Crippen molar-refractivity contribution < 1.29 is 14.7 Å². The number of aromatic hydroxyl groups is 1. The summed E-state index contributed by atoms with van der Waals surface area (Å²) >= 11 is 0. The summed E-state index contributed by atoms with van der Waals surface area (Å²) in [4.78, 5) is 22.0. The molecule has 0 saturated heterocycles. The van der Waals surface area contributed by atoms with E-state index in [9.17, 15) is 9.59 Å². The number of rotatable bonds is 4. The first kappa shape index (κ1) is 12.0. The predicted molar refractivity (Wildman–Crippen MR) is 59.1 cm³/mol. The molecule has 16 heavy (non-hydrogen) atoms. The molecule has 0 bridgehead atoms. The molecule has 0 saturated carbocycles. The number of phenolic OH excluding ortho intramolecular Hbond substituents is 1. The Kier molecular flexibility index (Phi) is 4.32. The van der Waals surface area contributed by atoms with Gasteiger partial charge in [0.2, 0.25) is 5.91 Å². The summed E-state index contributed by atoms with van der Waals surface area (Å²) in [7, 11) is 0. The zero-order valence-electron chi connectivity index (χ0n) is 8.99. The molecule has 0 unspecified atom stereocenters. The molecule has 0 heterocycles. The van der Waals surface area contributed by atoms with Gasteiger partial charge in [0.05, 0.1) is 0 Å². The highest BCUT2D eigenvalue weighted by atomic mass is 16.3. The molecule has 5 heteroatoms. The molecule has 1 aromatic carbocycles. The molecule has 0 aliphatic heterocycles. The molecule has 86 valence electrons. The number of hydrogen-bond donors (Lipinski definition) is 3. The summed E-state index contributed by atoms with van der Waals surface area (Å²) in [5.74, 6) is -0.237. The third-order valence-electron chi connectivity index (χ3n) is 1.91. The second-order valence-corrected chi connectivity index (χ2v) is 3.29. The molecule has 0 fully saturated rings. The van der Waals surface area contributed by atoms with E-state index in [0.717, 1.165) is 0 Å². The molecule has 0 atom stereocenters. The van der Waals surface area contributed by atoms with Gasteiger partial charge in [-0.2, -0.15) is 0 Å². The van der Waals surface area contributed by atoms with Gasteiger partial charge < -0.3 is 15.7 Å². The summed E-state index contributed by atoms with van der Waals surface area (Å²) < 4.78 is 0. The molecular formula is C11H14N2O3. The number of carbonyl (C=O) groups is 2. The minimum atomic E-state index is -0.231. The van der Waals surface area contributed by atoms with Gasteiger partial charge >= 0.3 is 0 Å². The first-order valence-electron chi connectivity index (χ1n) is 4.91. The van der Waals surface area contributed by atoms with Crippen LogP contribution in [0.1, 0.15) is 17.3 Å². The van der Waals surface area contributed by atoms with Gasteiger partial charge in [-0.25, -0.2) is 0 Å². The Morgan fingerprint density at radius 1 is 1.12 bits per heavy atom. The fourth-order valence-electron chi connectivity index (χ4n) is 1.13. The van der Waals surface area contributed by atoms with Crippen LogP contribution in [0, 0.1) is 0 Å². The fraction of sp³-hybridized carbons (Fsp3) is 0.273. The second-order valence-electron chi connectivity index (χ2n) is 3.29. The van der Waals surface area contributed by atoms with Crippen molar-refractivity contribution in [2.24, 2.45) is 0 Å². The number of carbonyl (C=O) groups excluding carboxylic acids is 2. The van der Waals surface area contributed by atoms with Gasteiger partial charge in [-0.15, -0.1) is 0 Å². The average Bonchev–Trinajstić information content (AvgIpc) is 2.25. The van der Waals surface area contributed by atoms with Crippen LogP contribution < -0.4 is 10.6 Å². The van der Waals surface area contributed by atoms with Crippen LogP contribution in [0.15, 0.2) is 24.3 Å².